The van der Waals surface area contributed by atoms with Gasteiger partial charge in [-0.3, -0.25) is 4.79 Å². The molecule has 1 N–H and O–H groups in total. The average molecular weight is 234 g/mol. The van der Waals surface area contributed by atoms with E-state index in [1.165, 1.54) is 0 Å². The Bertz CT molecular complexity index is 412. The fraction of sp³-hybridized carbons (Fsp3) is 0.538. The lowest BCUT2D eigenvalue weighted by Gasteiger charge is -2.22. The number of hydrogen-bond donors (Lipinski definition) is 1. The molecule has 2 rings (SSSR count). The topological polar surface area (TPSA) is 51.2 Å². The van der Waals surface area contributed by atoms with E-state index in [-0.39, 0.29) is 11.9 Å². The number of nitrogens with zero attached hydrogens (tertiary/aromatic N) is 1. The zero-order chi connectivity index (χ0) is 12.3. The van der Waals surface area contributed by atoms with Crippen molar-refractivity contribution in [3.8, 4) is 0 Å². The first-order valence-electron chi connectivity index (χ1n) is 5.99. The highest BCUT2D eigenvalue weighted by atomic mass is 16.5. The highest BCUT2D eigenvalue weighted by molar-refractivity contribution is 5.92. The number of nitrogens with one attached hydrogen (secondary N) is 1. The molecule has 1 aromatic rings. The smallest absolute Gasteiger partial charge is 0.270 e. The minimum Gasteiger partial charge on any atom is -0.381 e. The molecule has 4 heteroatoms. The molecule has 1 aliphatic rings. The van der Waals surface area contributed by atoms with Gasteiger partial charge >= 0.3 is 0 Å². The van der Waals surface area contributed by atoms with Crippen LogP contribution in [0, 0.1) is 13.8 Å². The molecule has 1 aromatic heterocycles. The highest BCUT2D eigenvalue weighted by Crippen LogP contribution is 2.09. The van der Waals surface area contributed by atoms with Crippen molar-refractivity contribution in [1.82, 2.24) is 10.3 Å². The number of amides is 1. The molecule has 1 fully saturated rings. The number of carbonyl (C=O) groups excluding carboxylic acids is 1. The molecular formula is C13H18N2O2. The molecule has 1 aliphatic heterocycles. The number of hydrogen-bond acceptors (Lipinski definition) is 3. The summed E-state index contributed by atoms with van der Waals surface area (Å²) in [5, 5.41) is 3.00. The fourth-order valence-corrected chi connectivity index (χ4v) is 1.86. The van der Waals surface area contributed by atoms with Crippen LogP contribution in [0.3, 0.4) is 0 Å². The van der Waals surface area contributed by atoms with E-state index < -0.39 is 0 Å². The second-order valence-corrected chi connectivity index (χ2v) is 4.46. The van der Waals surface area contributed by atoms with Crippen molar-refractivity contribution in [3.63, 3.8) is 0 Å². The van der Waals surface area contributed by atoms with Crippen LogP contribution in [-0.2, 0) is 4.74 Å². The zero-order valence-electron chi connectivity index (χ0n) is 10.3. The Kier molecular flexibility index (Phi) is 3.74. The van der Waals surface area contributed by atoms with Gasteiger partial charge in [-0.05, 0) is 38.3 Å². The Morgan fingerprint density at radius 3 is 2.71 bits per heavy atom. The van der Waals surface area contributed by atoms with E-state index >= 15 is 0 Å². The van der Waals surface area contributed by atoms with Gasteiger partial charge in [0, 0.05) is 24.9 Å². The lowest BCUT2D eigenvalue weighted by molar-refractivity contribution is 0.0694. The van der Waals surface area contributed by atoms with Gasteiger partial charge in [0.25, 0.3) is 5.91 Å². The summed E-state index contributed by atoms with van der Waals surface area (Å²) in [5.41, 5.74) is 2.51. The third-order valence-corrected chi connectivity index (χ3v) is 3.14. The number of pyridine rings is 1. The van der Waals surface area contributed by atoms with Crippen LogP contribution in [0.2, 0.25) is 0 Å². The summed E-state index contributed by atoms with van der Waals surface area (Å²) >= 11 is 0. The summed E-state index contributed by atoms with van der Waals surface area (Å²) in [5.74, 6) is -0.0833. The van der Waals surface area contributed by atoms with Crippen LogP contribution in [0.25, 0.3) is 0 Å². The van der Waals surface area contributed by atoms with Gasteiger partial charge in [0.05, 0.1) is 0 Å². The second kappa shape index (κ2) is 5.27. The molecule has 92 valence electrons. The molecule has 17 heavy (non-hydrogen) atoms. The van der Waals surface area contributed by atoms with Gasteiger partial charge < -0.3 is 10.1 Å². The highest BCUT2D eigenvalue weighted by Gasteiger charge is 2.17. The summed E-state index contributed by atoms with van der Waals surface area (Å²) in [6.45, 7) is 5.36. The molecule has 0 bridgehead atoms. The van der Waals surface area contributed by atoms with Crippen molar-refractivity contribution in [2.75, 3.05) is 13.2 Å². The standard InChI is InChI=1S/C13H18N2O2/c1-9-3-4-12(14-10(9)2)13(16)15-11-5-7-17-8-6-11/h3-4,11H,5-8H2,1-2H3,(H,15,16). The maximum atomic E-state index is 12.0. The molecular weight excluding hydrogens is 216 g/mol. The van der Waals surface area contributed by atoms with Gasteiger partial charge in [-0.1, -0.05) is 6.07 Å². The van der Waals surface area contributed by atoms with Crippen molar-refractivity contribution in [2.45, 2.75) is 32.7 Å². The van der Waals surface area contributed by atoms with Crippen molar-refractivity contribution in [2.24, 2.45) is 0 Å². The summed E-state index contributed by atoms with van der Waals surface area (Å²) in [4.78, 5) is 16.3. The van der Waals surface area contributed by atoms with Gasteiger partial charge in [0.1, 0.15) is 5.69 Å². The number of aryl methyl sites for hydroxylation is 2. The molecule has 0 saturated carbocycles. The Labute approximate surface area is 101 Å². The number of ether oxygens (including phenoxy) is 1. The van der Waals surface area contributed by atoms with E-state index in [1.54, 1.807) is 6.07 Å². The number of aromatic nitrogens is 1. The van der Waals surface area contributed by atoms with Crippen LogP contribution < -0.4 is 5.32 Å². The van der Waals surface area contributed by atoms with Crippen molar-refractivity contribution in [1.29, 1.82) is 0 Å². The van der Waals surface area contributed by atoms with Crippen molar-refractivity contribution >= 4 is 5.91 Å². The first-order chi connectivity index (χ1) is 8.16. The molecule has 4 nitrogen and oxygen atoms in total. The Hall–Kier alpha value is -1.42. The lowest BCUT2D eigenvalue weighted by atomic mass is 10.1. The minimum atomic E-state index is -0.0833. The molecule has 0 radical (unpaired) electrons. The van der Waals surface area contributed by atoms with E-state index in [0.29, 0.717) is 5.69 Å². The third-order valence-electron chi connectivity index (χ3n) is 3.14. The largest absolute Gasteiger partial charge is 0.381 e. The monoisotopic (exact) mass is 234 g/mol. The summed E-state index contributed by atoms with van der Waals surface area (Å²) < 4.78 is 5.25. The lowest BCUT2D eigenvalue weighted by Crippen LogP contribution is -2.39. The van der Waals surface area contributed by atoms with E-state index in [9.17, 15) is 4.79 Å². The summed E-state index contributed by atoms with van der Waals surface area (Å²) in [6.07, 6.45) is 1.77. The van der Waals surface area contributed by atoms with Crippen LogP contribution >= 0.6 is 0 Å². The van der Waals surface area contributed by atoms with Crippen molar-refractivity contribution in [3.05, 3.63) is 29.1 Å². The molecule has 2 heterocycles. The average Bonchev–Trinajstić information content (AvgIpc) is 2.34. The van der Waals surface area contributed by atoms with E-state index in [0.717, 1.165) is 37.3 Å². The molecule has 0 aliphatic carbocycles. The number of carbonyl (C=O) groups is 1. The molecule has 0 aromatic carbocycles. The predicted molar refractivity (Wildman–Crippen MR) is 65.0 cm³/mol. The Morgan fingerprint density at radius 1 is 1.35 bits per heavy atom. The van der Waals surface area contributed by atoms with Crippen LogP contribution in [-0.4, -0.2) is 30.1 Å². The van der Waals surface area contributed by atoms with Gasteiger partial charge in [0.15, 0.2) is 0 Å². The molecule has 0 unspecified atom stereocenters. The maximum absolute atomic E-state index is 12.0. The summed E-state index contributed by atoms with van der Waals surface area (Å²) in [6, 6.07) is 3.93. The van der Waals surface area contributed by atoms with Gasteiger partial charge in [-0.2, -0.15) is 0 Å². The molecule has 0 atom stereocenters. The minimum absolute atomic E-state index is 0.0833. The molecule has 1 saturated heterocycles. The quantitative estimate of drug-likeness (QED) is 0.845. The fourth-order valence-electron chi connectivity index (χ4n) is 1.86. The first kappa shape index (κ1) is 12.0. The molecule has 1 amide bonds. The second-order valence-electron chi connectivity index (χ2n) is 4.46. The van der Waals surface area contributed by atoms with E-state index in [1.807, 2.05) is 19.9 Å². The summed E-state index contributed by atoms with van der Waals surface area (Å²) in [7, 11) is 0. The van der Waals surface area contributed by atoms with Crippen LogP contribution in [0.4, 0.5) is 0 Å². The van der Waals surface area contributed by atoms with Crippen LogP contribution in [0.15, 0.2) is 12.1 Å². The maximum Gasteiger partial charge on any atom is 0.270 e. The molecule has 0 spiro atoms. The third kappa shape index (κ3) is 3.03. The van der Waals surface area contributed by atoms with Crippen LogP contribution in [0.5, 0.6) is 0 Å². The van der Waals surface area contributed by atoms with E-state index in [2.05, 4.69) is 10.3 Å². The number of rotatable bonds is 2. The van der Waals surface area contributed by atoms with Gasteiger partial charge in [-0.25, -0.2) is 4.98 Å². The van der Waals surface area contributed by atoms with Gasteiger partial charge in [-0.15, -0.1) is 0 Å². The van der Waals surface area contributed by atoms with Crippen molar-refractivity contribution < 1.29 is 9.53 Å². The zero-order valence-corrected chi connectivity index (χ0v) is 10.3. The Morgan fingerprint density at radius 2 is 2.06 bits per heavy atom. The van der Waals surface area contributed by atoms with E-state index in [4.69, 9.17) is 4.74 Å². The first-order valence-corrected chi connectivity index (χ1v) is 5.99. The van der Waals surface area contributed by atoms with Gasteiger partial charge in [0.2, 0.25) is 0 Å². The predicted octanol–water partition coefficient (Wildman–Crippen LogP) is 1.61. The Balaban J connectivity index is 2.01. The van der Waals surface area contributed by atoms with Crippen LogP contribution in [0.1, 0.15) is 34.6 Å². The SMILES string of the molecule is Cc1ccc(C(=O)NC2CCOCC2)nc1C. The normalized spacial score (nSPS) is 16.8.